The second kappa shape index (κ2) is 22.7. The monoisotopic (exact) mass is 1130 g/mol. The van der Waals surface area contributed by atoms with Crippen LogP contribution in [0.2, 0.25) is 9.26 Å². The van der Waals surface area contributed by atoms with Crippen LogP contribution in [0.3, 0.4) is 0 Å². The number of rotatable bonds is 14. The van der Waals surface area contributed by atoms with Crippen molar-refractivity contribution in [2.75, 3.05) is 0 Å². The van der Waals surface area contributed by atoms with Gasteiger partial charge in [-0.25, -0.2) is 0 Å². The summed E-state index contributed by atoms with van der Waals surface area (Å²) in [6.45, 7) is 25.6. The van der Waals surface area contributed by atoms with Crippen molar-refractivity contribution in [1.29, 1.82) is 0 Å². The number of allylic oxidation sites excluding steroid dienone is 2. The fourth-order valence-electron chi connectivity index (χ4n) is 14.3. The maximum Gasteiger partial charge on any atom is -0.147 e. The van der Waals surface area contributed by atoms with Gasteiger partial charge < -0.3 is 0 Å². The second-order valence-corrected chi connectivity index (χ2v) is 54.6. The first-order chi connectivity index (χ1) is 35.4. The van der Waals surface area contributed by atoms with Gasteiger partial charge in [0.1, 0.15) is 0 Å². The molecule has 0 amide bonds. The van der Waals surface area contributed by atoms with Crippen LogP contribution in [0.15, 0.2) is 169 Å². The summed E-state index contributed by atoms with van der Waals surface area (Å²) < 4.78 is 6.38. The van der Waals surface area contributed by atoms with Crippen molar-refractivity contribution in [3.05, 3.63) is 247 Å². The van der Waals surface area contributed by atoms with E-state index in [1.807, 2.05) is 0 Å². The van der Waals surface area contributed by atoms with E-state index in [9.17, 15) is 0 Å². The Hall–Kier alpha value is -5.08. The van der Waals surface area contributed by atoms with Crippen LogP contribution in [0, 0.1) is 55.4 Å². The van der Waals surface area contributed by atoms with Gasteiger partial charge in [0.25, 0.3) is 0 Å². The summed E-state index contributed by atoms with van der Waals surface area (Å²) in [7, 11) is 0. The molecule has 8 aromatic rings. The summed E-state index contributed by atoms with van der Waals surface area (Å²) in [6.07, 6.45) is 9.77. The molecule has 0 saturated heterocycles. The maximum absolute atomic E-state index is 4.57. The number of hydrogen-bond acceptors (Lipinski definition) is 0. The molecule has 2 aliphatic carbocycles. The fourth-order valence-corrected chi connectivity index (χ4v) is 33.8. The molecule has 0 aromatic heterocycles. The van der Waals surface area contributed by atoms with Gasteiger partial charge in [0.05, 0.1) is 0 Å². The van der Waals surface area contributed by atoms with Crippen LogP contribution in [-0.2, 0) is 17.4 Å². The van der Waals surface area contributed by atoms with Crippen LogP contribution >= 0.6 is 24.8 Å². The number of fused-ring (bicyclic) bond motifs is 2. The third-order valence-electron chi connectivity index (χ3n) is 17.1. The third-order valence-corrected chi connectivity index (χ3v) is 34.5. The van der Waals surface area contributed by atoms with E-state index in [1.165, 1.54) is 111 Å². The first-order valence-corrected chi connectivity index (χ1v) is 41.3. The molecule has 0 heterocycles. The molecule has 4 atom stereocenters. The van der Waals surface area contributed by atoms with Gasteiger partial charge in [-0.1, -0.05) is 0 Å². The molecule has 4 heteroatoms. The molecule has 8 aromatic carbocycles. The summed E-state index contributed by atoms with van der Waals surface area (Å²) in [4.78, 5) is 0. The quantitative estimate of drug-likeness (QED) is 0.0952. The number of benzene rings is 8. The SMILES string of the molecule is CCC(CC1=Cc2c(-c3cc(C)cc(C)c3)ccc(-c3cc(C)cc(C)c3)c2[CH]1[Zr]([CH3])([CH3])(=[SiH2])[CH]1C(CC(CC)c2ccccc2)=Cc2c(-c3cc(C)cc(C)c3)ccc(-c3cc(C)cc(C)c3)c21)c1ccccc1.Cl.Cl. The first-order valence-electron chi connectivity index (χ1n) is 27.6. The van der Waals surface area contributed by atoms with Crippen LogP contribution in [0.5, 0.6) is 0 Å². The molecule has 0 aliphatic heterocycles. The molecule has 0 spiro atoms. The van der Waals surface area contributed by atoms with Crippen LogP contribution < -0.4 is 0 Å². The van der Waals surface area contributed by atoms with Crippen molar-refractivity contribution in [2.24, 2.45) is 0 Å². The smallest absolute Gasteiger partial charge is 0.147 e. The van der Waals surface area contributed by atoms with Gasteiger partial charge >= 0.3 is 451 Å². The van der Waals surface area contributed by atoms with Crippen molar-refractivity contribution in [3.63, 3.8) is 0 Å². The van der Waals surface area contributed by atoms with Crippen LogP contribution in [-0.4, -0.2) is 6.88 Å². The zero-order valence-corrected chi connectivity index (χ0v) is 52.8. The van der Waals surface area contributed by atoms with Gasteiger partial charge in [-0.3, -0.25) is 0 Å². The molecule has 0 nitrogen and oxygen atoms in total. The van der Waals surface area contributed by atoms with Gasteiger partial charge in [-0.15, -0.1) is 24.8 Å². The van der Waals surface area contributed by atoms with Crippen LogP contribution in [0.1, 0.15) is 137 Å². The summed E-state index contributed by atoms with van der Waals surface area (Å²) in [5.74, 6) is 0.802. The first kappa shape index (κ1) is 57.1. The molecule has 0 fully saturated rings. The third kappa shape index (κ3) is 11.1. The largest absolute Gasteiger partial charge is 0.147 e. The van der Waals surface area contributed by atoms with Crippen molar-refractivity contribution in [3.8, 4) is 44.5 Å². The van der Waals surface area contributed by atoms with E-state index in [2.05, 4.69) is 255 Å². The van der Waals surface area contributed by atoms with E-state index in [4.69, 9.17) is 0 Å². The number of aryl methyl sites for hydroxylation is 8. The average Bonchev–Trinajstić information content (AvgIpc) is 3.96. The molecule has 2 aliphatic rings. The minimum Gasteiger partial charge on any atom is -0.147 e. The Bertz CT molecular complexity index is 3300. The fraction of sp³-hybridized carbons (Fsp3) is 0.278. The molecular formula is C72H80Cl2SiZr. The standard InChI is InChI=1S/2C35H35.2CH3.2ClH.H2Si.Zr/c2*1-6-28(29-10-8-7-9-11-29)20-27-21-34-32(30-16-23(2)14-24(3)17-30)12-13-33(35(34)22-27)31-18-25(4)15-26(5)19-31;;;;;;/h2*7-19,21-22,28H,6,20H2,1-5H3;2*1H3;2*1H;1H2;. The van der Waals surface area contributed by atoms with Crippen LogP contribution in [0.25, 0.3) is 56.7 Å². The molecule has 76 heavy (non-hydrogen) atoms. The Balaban J connectivity index is 0.00000383. The summed E-state index contributed by atoms with van der Waals surface area (Å²) in [5, 5.41) is 0. The molecule has 0 saturated carbocycles. The molecule has 0 N–H and O–H groups in total. The summed E-state index contributed by atoms with van der Waals surface area (Å²) in [6, 6.07) is 61.9. The van der Waals surface area contributed by atoms with E-state index in [-0.39, 0.29) is 32.1 Å². The van der Waals surface area contributed by atoms with Crippen LogP contribution in [0.4, 0.5) is 0 Å². The number of hydrogen-bond donors (Lipinski definition) is 0. The summed E-state index contributed by atoms with van der Waals surface area (Å²) in [5.41, 5.74) is 33.7. The maximum atomic E-state index is 2.91. The second-order valence-electron chi connectivity index (χ2n) is 24.2. The molecular weight excluding hydrogens is 1060 g/mol. The zero-order chi connectivity index (χ0) is 52.2. The van der Waals surface area contributed by atoms with Gasteiger partial charge in [-0.2, -0.15) is 0 Å². The number of halogens is 2. The molecule has 10 rings (SSSR count). The van der Waals surface area contributed by atoms with Gasteiger partial charge in [-0.05, 0) is 0 Å². The molecule has 4 unspecified atom stereocenters. The van der Waals surface area contributed by atoms with Crippen molar-refractivity contribution >= 4 is 43.8 Å². The van der Waals surface area contributed by atoms with Crippen molar-refractivity contribution in [1.82, 2.24) is 0 Å². The Kier molecular flexibility index (Phi) is 17.1. The van der Waals surface area contributed by atoms with E-state index < -0.39 is 17.4 Å². The Labute approximate surface area is 471 Å². The topological polar surface area (TPSA) is 0 Å². The predicted octanol–water partition coefficient (Wildman–Crippen LogP) is 20.7. The molecule has 0 radical (unpaired) electrons. The van der Waals surface area contributed by atoms with Crippen molar-refractivity contribution < 1.29 is 17.4 Å². The van der Waals surface area contributed by atoms with Gasteiger partial charge in [0.15, 0.2) is 0 Å². The molecule has 0 bridgehead atoms. The minimum absolute atomic E-state index is 0. The zero-order valence-electron chi connectivity index (χ0n) is 47.3. The Morgan fingerprint density at radius 3 is 0.921 bits per heavy atom. The predicted molar refractivity (Wildman–Crippen MR) is 337 cm³/mol. The Morgan fingerprint density at radius 2 is 0.645 bits per heavy atom. The van der Waals surface area contributed by atoms with E-state index in [1.54, 1.807) is 22.3 Å². The normalized spacial score (nSPS) is 15.7. The van der Waals surface area contributed by atoms with Gasteiger partial charge in [0, 0.05) is 0 Å². The average molecular weight is 1140 g/mol. The molecule has 390 valence electrons. The summed E-state index contributed by atoms with van der Waals surface area (Å²) >= 11 is -4.57. The Morgan fingerprint density at radius 1 is 0.382 bits per heavy atom. The van der Waals surface area contributed by atoms with E-state index in [0.29, 0.717) is 11.8 Å². The van der Waals surface area contributed by atoms with Crippen molar-refractivity contribution in [2.45, 2.75) is 123 Å². The van der Waals surface area contributed by atoms with E-state index in [0.717, 1.165) is 25.7 Å². The minimum atomic E-state index is -4.57. The van der Waals surface area contributed by atoms with E-state index >= 15 is 0 Å². The van der Waals surface area contributed by atoms with Gasteiger partial charge in [0.2, 0.25) is 0 Å².